The highest BCUT2D eigenvalue weighted by molar-refractivity contribution is 7.99. The van der Waals surface area contributed by atoms with E-state index < -0.39 is 0 Å². The van der Waals surface area contributed by atoms with Crippen molar-refractivity contribution >= 4 is 17.4 Å². The molecule has 0 spiro atoms. The van der Waals surface area contributed by atoms with E-state index >= 15 is 0 Å². The fourth-order valence-electron chi connectivity index (χ4n) is 1.73. The van der Waals surface area contributed by atoms with Crippen LogP contribution in [0.5, 0.6) is 0 Å². The van der Waals surface area contributed by atoms with Crippen LogP contribution in [0.3, 0.4) is 0 Å². The molecule has 0 radical (unpaired) electrons. The second-order valence-electron chi connectivity index (χ2n) is 4.04. The van der Waals surface area contributed by atoms with Crippen molar-refractivity contribution in [3.8, 4) is 0 Å². The topological polar surface area (TPSA) is 43.8 Å². The number of nitrogens with zero attached hydrogens (tertiary/aromatic N) is 2. The Morgan fingerprint density at radius 3 is 2.82 bits per heavy atom. The molecular formula is C13H17N3S. The van der Waals surface area contributed by atoms with Crippen LogP contribution in [0.25, 0.3) is 0 Å². The second kappa shape index (κ2) is 5.27. The summed E-state index contributed by atoms with van der Waals surface area (Å²) in [5.41, 5.74) is 7.81. The number of aryl methyl sites for hydroxylation is 3. The fourth-order valence-corrected chi connectivity index (χ4v) is 2.69. The highest BCUT2D eigenvalue weighted by atomic mass is 32.2. The summed E-state index contributed by atoms with van der Waals surface area (Å²) in [6.07, 6.45) is 3.86. The minimum absolute atomic E-state index is 0.831. The number of anilines is 1. The molecule has 0 saturated heterocycles. The molecule has 4 heteroatoms. The van der Waals surface area contributed by atoms with Gasteiger partial charge in [-0.1, -0.05) is 0 Å². The molecule has 1 heterocycles. The van der Waals surface area contributed by atoms with Crippen LogP contribution >= 0.6 is 11.8 Å². The SMILES string of the molecule is Cc1cc(N)ccc1SCCn1ccnc1C. The van der Waals surface area contributed by atoms with Gasteiger partial charge >= 0.3 is 0 Å². The fraction of sp³-hybridized carbons (Fsp3) is 0.308. The summed E-state index contributed by atoms with van der Waals surface area (Å²) < 4.78 is 2.17. The van der Waals surface area contributed by atoms with E-state index in [2.05, 4.69) is 22.5 Å². The third-order valence-electron chi connectivity index (χ3n) is 2.71. The number of nitrogens with two attached hydrogens (primary N) is 1. The summed E-state index contributed by atoms with van der Waals surface area (Å²) in [6.45, 7) is 5.11. The van der Waals surface area contributed by atoms with Gasteiger partial charge in [0.15, 0.2) is 0 Å². The summed E-state index contributed by atoms with van der Waals surface area (Å²) in [4.78, 5) is 5.51. The van der Waals surface area contributed by atoms with Crippen LogP contribution in [0.15, 0.2) is 35.5 Å². The predicted octanol–water partition coefficient (Wildman–Crippen LogP) is 2.87. The monoisotopic (exact) mass is 247 g/mol. The molecule has 1 aromatic carbocycles. The lowest BCUT2D eigenvalue weighted by Crippen LogP contribution is -2.01. The van der Waals surface area contributed by atoms with Crippen LogP contribution < -0.4 is 5.73 Å². The Bertz CT molecular complexity index is 505. The van der Waals surface area contributed by atoms with E-state index in [1.54, 1.807) is 0 Å². The number of hydrogen-bond donors (Lipinski definition) is 1. The lowest BCUT2D eigenvalue weighted by Gasteiger charge is -2.07. The van der Waals surface area contributed by atoms with Crippen molar-refractivity contribution in [3.63, 3.8) is 0 Å². The van der Waals surface area contributed by atoms with Gasteiger partial charge in [-0.15, -0.1) is 11.8 Å². The molecule has 0 aliphatic rings. The Morgan fingerprint density at radius 1 is 1.35 bits per heavy atom. The van der Waals surface area contributed by atoms with Crippen molar-refractivity contribution < 1.29 is 0 Å². The highest BCUT2D eigenvalue weighted by Gasteiger charge is 2.01. The molecule has 2 N–H and O–H groups in total. The minimum Gasteiger partial charge on any atom is -0.399 e. The number of aromatic nitrogens is 2. The number of nitrogen functional groups attached to an aromatic ring is 1. The van der Waals surface area contributed by atoms with Gasteiger partial charge < -0.3 is 10.3 Å². The van der Waals surface area contributed by atoms with Crippen molar-refractivity contribution in [2.45, 2.75) is 25.3 Å². The number of imidazole rings is 1. The van der Waals surface area contributed by atoms with Crippen molar-refractivity contribution in [2.24, 2.45) is 0 Å². The molecule has 17 heavy (non-hydrogen) atoms. The van der Waals surface area contributed by atoms with Crippen LogP contribution in [0.4, 0.5) is 5.69 Å². The molecule has 0 fully saturated rings. The largest absolute Gasteiger partial charge is 0.399 e. The molecule has 0 amide bonds. The average Bonchev–Trinajstić information content (AvgIpc) is 2.68. The molecule has 0 bridgehead atoms. The van der Waals surface area contributed by atoms with E-state index in [1.807, 2.05) is 43.2 Å². The van der Waals surface area contributed by atoms with Crippen molar-refractivity contribution in [3.05, 3.63) is 42.0 Å². The number of benzene rings is 1. The van der Waals surface area contributed by atoms with Crippen molar-refractivity contribution in [1.29, 1.82) is 0 Å². The lowest BCUT2D eigenvalue weighted by molar-refractivity contribution is 0.738. The normalized spacial score (nSPS) is 10.7. The first kappa shape index (κ1) is 12.0. The third-order valence-corrected chi connectivity index (χ3v) is 3.87. The maximum atomic E-state index is 5.73. The van der Waals surface area contributed by atoms with Crippen LogP contribution in [-0.4, -0.2) is 15.3 Å². The first-order chi connectivity index (χ1) is 8.16. The maximum Gasteiger partial charge on any atom is 0.105 e. The molecule has 0 saturated carbocycles. The zero-order valence-corrected chi connectivity index (χ0v) is 11.0. The number of thioether (sulfide) groups is 1. The smallest absolute Gasteiger partial charge is 0.105 e. The average molecular weight is 247 g/mol. The maximum absolute atomic E-state index is 5.73. The van der Waals surface area contributed by atoms with E-state index in [9.17, 15) is 0 Å². The molecule has 3 nitrogen and oxygen atoms in total. The van der Waals surface area contributed by atoms with Crippen LogP contribution in [-0.2, 0) is 6.54 Å². The van der Waals surface area contributed by atoms with Gasteiger partial charge in [0, 0.05) is 35.3 Å². The molecule has 1 aromatic heterocycles. The first-order valence-corrected chi connectivity index (χ1v) is 6.62. The summed E-state index contributed by atoms with van der Waals surface area (Å²) >= 11 is 1.86. The van der Waals surface area contributed by atoms with E-state index in [1.165, 1.54) is 10.5 Å². The van der Waals surface area contributed by atoms with Crippen LogP contribution in [0, 0.1) is 13.8 Å². The zero-order valence-electron chi connectivity index (χ0n) is 10.2. The van der Waals surface area contributed by atoms with Crippen molar-refractivity contribution in [1.82, 2.24) is 9.55 Å². The summed E-state index contributed by atoms with van der Waals surface area (Å²) in [7, 11) is 0. The number of hydrogen-bond acceptors (Lipinski definition) is 3. The Hall–Kier alpha value is -1.42. The van der Waals surface area contributed by atoms with E-state index in [-0.39, 0.29) is 0 Å². The number of rotatable bonds is 4. The van der Waals surface area contributed by atoms with E-state index in [0.29, 0.717) is 0 Å². The van der Waals surface area contributed by atoms with Gasteiger partial charge in [0.05, 0.1) is 0 Å². The molecule has 0 aliphatic carbocycles. The minimum atomic E-state index is 0.831. The van der Waals surface area contributed by atoms with Crippen molar-refractivity contribution in [2.75, 3.05) is 11.5 Å². The van der Waals surface area contributed by atoms with Gasteiger partial charge in [-0.2, -0.15) is 0 Å². The molecule has 90 valence electrons. The molecule has 0 aliphatic heterocycles. The predicted molar refractivity (Wildman–Crippen MR) is 73.3 cm³/mol. The molecular weight excluding hydrogens is 230 g/mol. The summed E-state index contributed by atoms with van der Waals surface area (Å²) in [5, 5.41) is 0. The molecule has 2 rings (SSSR count). The first-order valence-electron chi connectivity index (χ1n) is 5.63. The lowest BCUT2D eigenvalue weighted by atomic mass is 10.2. The quantitative estimate of drug-likeness (QED) is 0.667. The van der Waals surface area contributed by atoms with Gasteiger partial charge in [0.25, 0.3) is 0 Å². The van der Waals surface area contributed by atoms with Crippen LogP contribution in [0.2, 0.25) is 0 Å². The highest BCUT2D eigenvalue weighted by Crippen LogP contribution is 2.24. The second-order valence-corrected chi connectivity index (χ2v) is 5.18. The molecule has 0 unspecified atom stereocenters. The Labute approximate surface area is 106 Å². The Kier molecular flexibility index (Phi) is 3.74. The molecule has 2 aromatic rings. The Morgan fingerprint density at radius 2 is 2.18 bits per heavy atom. The van der Waals surface area contributed by atoms with Gasteiger partial charge in [-0.25, -0.2) is 4.98 Å². The molecule has 0 atom stereocenters. The van der Waals surface area contributed by atoms with Gasteiger partial charge in [0.2, 0.25) is 0 Å². The summed E-state index contributed by atoms with van der Waals surface area (Å²) in [6, 6.07) is 6.07. The van der Waals surface area contributed by atoms with Gasteiger partial charge in [0.1, 0.15) is 5.82 Å². The van der Waals surface area contributed by atoms with E-state index in [0.717, 1.165) is 23.8 Å². The standard InChI is InChI=1S/C13H17N3S/c1-10-9-12(14)3-4-13(10)17-8-7-16-6-5-15-11(16)2/h3-6,9H,7-8,14H2,1-2H3. The summed E-state index contributed by atoms with van der Waals surface area (Å²) in [5.74, 6) is 2.11. The zero-order chi connectivity index (χ0) is 12.3. The van der Waals surface area contributed by atoms with Gasteiger partial charge in [-0.05, 0) is 37.6 Å². The van der Waals surface area contributed by atoms with E-state index in [4.69, 9.17) is 5.73 Å². The van der Waals surface area contributed by atoms with Gasteiger partial charge in [-0.3, -0.25) is 0 Å². The third kappa shape index (κ3) is 3.03. The Balaban J connectivity index is 1.92. The van der Waals surface area contributed by atoms with Crippen LogP contribution in [0.1, 0.15) is 11.4 Å².